The summed E-state index contributed by atoms with van der Waals surface area (Å²) < 4.78 is 17.1. The molecule has 0 aliphatic heterocycles. The van der Waals surface area contributed by atoms with Crippen molar-refractivity contribution in [2.75, 3.05) is 41.0 Å². The van der Waals surface area contributed by atoms with Crippen LogP contribution >= 0.6 is 0 Å². The molecule has 0 aromatic carbocycles. The average Bonchev–Trinajstić information content (AvgIpc) is 3.19. The molecule has 0 rings (SSSR count). The van der Waals surface area contributed by atoms with Crippen LogP contribution in [0.2, 0.25) is 0 Å². The number of carbonyl (C=O) groups excluding carboxylic acids is 3. The van der Waals surface area contributed by atoms with Gasteiger partial charge in [0, 0.05) is 19.3 Å². The zero-order chi connectivity index (χ0) is 43.5. The number of unbranched alkanes of at least 4 members (excludes halogenated alkanes) is 9. The molecular weight excluding hydrogens is 739 g/mol. The molecule has 2 unspecified atom stereocenters. The van der Waals surface area contributed by atoms with E-state index in [1.54, 1.807) is 21.1 Å². The lowest BCUT2D eigenvalue weighted by atomic mass is 10.1. The van der Waals surface area contributed by atoms with Gasteiger partial charge in [0.15, 0.2) is 6.10 Å². The molecule has 0 N–H and O–H groups in total. The molecule has 334 valence electrons. The standard InChI is InChI=1S/C51H83NO7/c1-6-8-10-12-14-16-18-20-22-24-25-26-28-30-32-34-36-38-40-42-50(54)59-47(45-57-44-43-48(51(55)56)52(3,4)5)46-58-49(53)41-39-37-35-33-31-29-27-23-21-19-17-15-13-11-9-7-2/h8-11,14-17,20-23,25-26,30,32,47-48H,6-7,12-13,18-19,24,27-29,31,33-46H2,1-5H3/b10-8+,11-9+,16-14+,17-15+,22-20+,23-21+,26-25+,32-30+. The lowest BCUT2D eigenvalue weighted by Crippen LogP contribution is -2.55. The first-order chi connectivity index (χ1) is 28.6. The zero-order valence-electron chi connectivity index (χ0n) is 37.9. The van der Waals surface area contributed by atoms with Crippen molar-refractivity contribution >= 4 is 17.9 Å². The molecule has 8 heteroatoms. The highest BCUT2D eigenvalue weighted by Crippen LogP contribution is 2.12. The number of nitrogens with zero attached hydrogens (tertiary/aromatic N) is 1. The van der Waals surface area contributed by atoms with Gasteiger partial charge >= 0.3 is 11.9 Å². The van der Waals surface area contributed by atoms with E-state index in [1.165, 1.54) is 12.8 Å². The number of carbonyl (C=O) groups is 3. The van der Waals surface area contributed by atoms with Crippen LogP contribution in [-0.4, -0.2) is 75.5 Å². The Kier molecular flexibility index (Phi) is 38.4. The highest BCUT2D eigenvalue weighted by Gasteiger charge is 2.25. The summed E-state index contributed by atoms with van der Waals surface area (Å²) in [4.78, 5) is 36.9. The van der Waals surface area contributed by atoms with E-state index in [0.29, 0.717) is 12.8 Å². The van der Waals surface area contributed by atoms with Crippen molar-refractivity contribution in [3.05, 3.63) is 97.2 Å². The first-order valence-corrected chi connectivity index (χ1v) is 22.8. The van der Waals surface area contributed by atoms with E-state index < -0.39 is 18.1 Å². The van der Waals surface area contributed by atoms with E-state index in [1.807, 2.05) is 0 Å². The minimum atomic E-state index is -1.14. The predicted octanol–water partition coefficient (Wildman–Crippen LogP) is 11.4. The highest BCUT2D eigenvalue weighted by molar-refractivity contribution is 5.70. The van der Waals surface area contributed by atoms with Gasteiger partial charge < -0.3 is 28.6 Å². The van der Waals surface area contributed by atoms with E-state index in [4.69, 9.17) is 14.2 Å². The second-order valence-corrected chi connectivity index (χ2v) is 15.9. The molecule has 59 heavy (non-hydrogen) atoms. The summed E-state index contributed by atoms with van der Waals surface area (Å²) in [5, 5.41) is 11.6. The normalized spacial score (nSPS) is 13.8. The third-order valence-corrected chi connectivity index (χ3v) is 9.47. The largest absolute Gasteiger partial charge is 0.544 e. The van der Waals surface area contributed by atoms with E-state index in [0.717, 1.165) is 103 Å². The molecule has 0 saturated carbocycles. The number of ether oxygens (including phenoxy) is 3. The van der Waals surface area contributed by atoms with Gasteiger partial charge in [-0.1, -0.05) is 143 Å². The summed E-state index contributed by atoms with van der Waals surface area (Å²) in [5.41, 5.74) is 0. The Bertz CT molecular complexity index is 1280. The summed E-state index contributed by atoms with van der Waals surface area (Å²) in [7, 11) is 5.38. The highest BCUT2D eigenvalue weighted by atomic mass is 16.6. The van der Waals surface area contributed by atoms with Crippen LogP contribution in [0.4, 0.5) is 0 Å². The van der Waals surface area contributed by atoms with E-state index in [2.05, 4.69) is 111 Å². The fourth-order valence-corrected chi connectivity index (χ4v) is 5.99. The maximum absolute atomic E-state index is 12.7. The van der Waals surface area contributed by atoms with E-state index in [9.17, 15) is 19.5 Å². The fraction of sp³-hybridized carbons (Fsp3) is 0.627. The van der Waals surface area contributed by atoms with E-state index in [-0.39, 0.29) is 49.1 Å². The maximum atomic E-state index is 12.7. The minimum Gasteiger partial charge on any atom is -0.544 e. The second-order valence-electron chi connectivity index (χ2n) is 15.9. The Labute approximate surface area is 360 Å². The fourth-order valence-electron chi connectivity index (χ4n) is 5.99. The van der Waals surface area contributed by atoms with Gasteiger partial charge in [0.25, 0.3) is 0 Å². The molecule has 0 saturated heterocycles. The van der Waals surface area contributed by atoms with Gasteiger partial charge in [0.05, 0.1) is 40.3 Å². The smallest absolute Gasteiger partial charge is 0.306 e. The van der Waals surface area contributed by atoms with Gasteiger partial charge in [-0.3, -0.25) is 9.59 Å². The van der Waals surface area contributed by atoms with Crippen molar-refractivity contribution in [3.63, 3.8) is 0 Å². The summed E-state index contributed by atoms with van der Waals surface area (Å²) in [6.45, 7) is 4.37. The Morgan fingerprint density at radius 2 is 0.898 bits per heavy atom. The van der Waals surface area contributed by atoms with Crippen molar-refractivity contribution < 1.29 is 38.2 Å². The number of likely N-dealkylation sites (N-methyl/N-ethyl adjacent to an activating group) is 1. The number of aliphatic carboxylic acids is 1. The molecule has 0 aromatic rings. The average molecular weight is 822 g/mol. The van der Waals surface area contributed by atoms with Crippen molar-refractivity contribution in [1.29, 1.82) is 0 Å². The Morgan fingerprint density at radius 3 is 1.34 bits per heavy atom. The van der Waals surface area contributed by atoms with Gasteiger partial charge in [-0.15, -0.1) is 0 Å². The number of allylic oxidation sites excluding steroid dienone is 16. The molecule has 0 amide bonds. The number of esters is 2. The van der Waals surface area contributed by atoms with Crippen LogP contribution < -0.4 is 5.11 Å². The van der Waals surface area contributed by atoms with Crippen LogP contribution in [0.25, 0.3) is 0 Å². The maximum Gasteiger partial charge on any atom is 0.306 e. The number of hydrogen-bond acceptors (Lipinski definition) is 7. The lowest BCUT2D eigenvalue weighted by Gasteiger charge is -2.34. The number of carboxylic acids is 1. The number of rotatable bonds is 39. The quantitative estimate of drug-likeness (QED) is 0.0263. The topological polar surface area (TPSA) is 102 Å². The molecule has 0 spiro atoms. The van der Waals surface area contributed by atoms with Gasteiger partial charge in [0.1, 0.15) is 12.6 Å². The molecular formula is C51H83NO7. The van der Waals surface area contributed by atoms with Crippen molar-refractivity contribution in [1.82, 2.24) is 0 Å². The molecule has 8 nitrogen and oxygen atoms in total. The second kappa shape index (κ2) is 41.0. The van der Waals surface area contributed by atoms with Crippen LogP contribution in [0.5, 0.6) is 0 Å². The SMILES string of the molecule is CC/C=C/C/C=C/C/C=C/C/C=C/C/C=C/CCCCCC(=O)OC(COCCC(C(=O)[O-])[N+](C)(C)C)COC(=O)CCCCCCCC/C=C/C/C=C/C/C=C/CC. The Hall–Kier alpha value is -3.75. The number of hydrogen-bond donors (Lipinski definition) is 0. The lowest BCUT2D eigenvalue weighted by molar-refractivity contribution is -0.889. The summed E-state index contributed by atoms with van der Waals surface area (Å²) in [6.07, 6.45) is 54.3. The monoisotopic (exact) mass is 822 g/mol. The third-order valence-electron chi connectivity index (χ3n) is 9.47. The number of quaternary nitrogens is 1. The Balaban J connectivity index is 4.44. The van der Waals surface area contributed by atoms with Crippen LogP contribution in [0, 0.1) is 0 Å². The molecule has 0 aliphatic rings. The summed E-state index contributed by atoms with van der Waals surface area (Å²) in [6, 6.07) is -0.740. The minimum absolute atomic E-state index is 0.0164. The number of carboxylic acid groups (broad SMARTS) is 1. The predicted molar refractivity (Wildman–Crippen MR) is 245 cm³/mol. The van der Waals surface area contributed by atoms with Crippen LogP contribution in [0.1, 0.15) is 155 Å². The first kappa shape index (κ1) is 55.2. The van der Waals surface area contributed by atoms with Crippen LogP contribution in [-0.2, 0) is 28.6 Å². The molecule has 0 bridgehead atoms. The van der Waals surface area contributed by atoms with Gasteiger partial charge in [-0.05, 0) is 89.9 Å². The molecule has 0 fully saturated rings. The van der Waals surface area contributed by atoms with Crippen molar-refractivity contribution in [2.45, 2.75) is 167 Å². The van der Waals surface area contributed by atoms with Crippen LogP contribution in [0.15, 0.2) is 97.2 Å². The zero-order valence-corrected chi connectivity index (χ0v) is 37.9. The van der Waals surface area contributed by atoms with Crippen molar-refractivity contribution in [3.8, 4) is 0 Å². The van der Waals surface area contributed by atoms with Crippen molar-refractivity contribution in [2.24, 2.45) is 0 Å². The molecule has 0 aliphatic carbocycles. The van der Waals surface area contributed by atoms with Gasteiger partial charge in [-0.2, -0.15) is 0 Å². The molecule has 0 radical (unpaired) electrons. The molecule has 0 aromatic heterocycles. The summed E-state index contributed by atoms with van der Waals surface area (Å²) >= 11 is 0. The van der Waals surface area contributed by atoms with Gasteiger partial charge in [0.2, 0.25) is 0 Å². The third kappa shape index (κ3) is 39.5. The Morgan fingerprint density at radius 1 is 0.508 bits per heavy atom. The molecule has 0 heterocycles. The molecule has 2 atom stereocenters. The van der Waals surface area contributed by atoms with E-state index >= 15 is 0 Å². The summed E-state index contributed by atoms with van der Waals surface area (Å²) in [5.74, 6) is -1.81. The van der Waals surface area contributed by atoms with Crippen LogP contribution in [0.3, 0.4) is 0 Å². The van der Waals surface area contributed by atoms with Gasteiger partial charge in [-0.25, -0.2) is 0 Å². The first-order valence-electron chi connectivity index (χ1n) is 22.8.